The van der Waals surface area contributed by atoms with Crippen molar-refractivity contribution in [2.24, 2.45) is 0 Å². The number of furan rings is 1. The van der Waals surface area contributed by atoms with Crippen molar-refractivity contribution in [3.63, 3.8) is 0 Å². The molecule has 0 unspecified atom stereocenters. The number of rotatable bonds is 6. The summed E-state index contributed by atoms with van der Waals surface area (Å²) in [5.41, 5.74) is 1.60. The molecule has 150 valence electrons. The van der Waals surface area contributed by atoms with Crippen LogP contribution in [-0.4, -0.2) is 15.9 Å². The van der Waals surface area contributed by atoms with E-state index in [0.717, 1.165) is 20.1 Å². The minimum atomic E-state index is -0.137. The maximum absolute atomic E-state index is 12.4. The van der Waals surface area contributed by atoms with E-state index >= 15 is 0 Å². The molecule has 0 fully saturated rings. The van der Waals surface area contributed by atoms with E-state index in [9.17, 15) is 4.79 Å². The Bertz CT molecular complexity index is 1280. The van der Waals surface area contributed by atoms with Crippen molar-refractivity contribution in [1.29, 1.82) is 0 Å². The number of benzene rings is 1. The van der Waals surface area contributed by atoms with Crippen LogP contribution in [0.4, 0.5) is 0 Å². The first kappa shape index (κ1) is 18.8. The molecule has 6 nitrogen and oxygen atoms in total. The third kappa shape index (κ3) is 3.79. The van der Waals surface area contributed by atoms with Gasteiger partial charge in [-0.05, 0) is 42.6 Å². The summed E-state index contributed by atoms with van der Waals surface area (Å²) in [6, 6.07) is 15.6. The number of hydrogen-bond acceptors (Lipinski definition) is 7. The minimum absolute atomic E-state index is 0.137. The van der Waals surface area contributed by atoms with Gasteiger partial charge in [-0.25, -0.2) is 9.97 Å². The molecule has 5 aromatic rings. The molecule has 0 spiro atoms. The zero-order valence-electron chi connectivity index (χ0n) is 16.0. The van der Waals surface area contributed by atoms with Crippen molar-refractivity contribution < 1.29 is 13.6 Å². The highest BCUT2D eigenvalue weighted by atomic mass is 32.1. The second-order valence-corrected chi connectivity index (χ2v) is 8.68. The molecule has 30 heavy (non-hydrogen) atoms. The summed E-state index contributed by atoms with van der Waals surface area (Å²) in [5, 5.41) is 5.67. The molecule has 0 radical (unpaired) electrons. The molecule has 0 aliphatic rings. The number of carbonyl (C=O) groups is 1. The summed E-state index contributed by atoms with van der Waals surface area (Å²) in [7, 11) is 0. The van der Waals surface area contributed by atoms with Gasteiger partial charge in [0, 0.05) is 0 Å². The van der Waals surface area contributed by atoms with Crippen LogP contribution in [0.1, 0.15) is 17.2 Å². The largest absolute Gasteiger partial charge is 0.457 e. The van der Waals surface area contributed by atoms with E-state index in [4.69, 9.17) is 8.83 Å². The Morgan fingerprint density at radius 3 is 2.80 bits per heavy atom. The fraction of sp³-hybridized carbons (Fsp3) is 0.136. The summed E-state index contributed by atoms with van der Waals surface area (Å²) >= 11 is 3.14. The smallest absolute Gasteiger partial charge is 0.236 e. The van der Waals surface area contributed by atoms with Crippen LogP contribution >= 0.6 is 22.7 Å². The summed E-state index contributed by atoms with van der Waals surface area (Å²) in [6.07, 6.45) is 0.159. The lowest BCUT2D eigenvalue weighted by Crippen LogP contribution is -2.24. The minimum Gasteiger partial charge on any atom is -0.457 e. The normalized spacial score (nSPS) is 11.2. The van der Waals surface area contributed by atoms with Gasteiger partial charge in [-0.1, -0.05) is 18.2 Å². The molecule has 0 atom stereocenters. The van der Waals surface area contributed by atoms with E-state index in [1.54, 1.807) is 22.7 Å². The highest BCUT2D eigenvalue weighted by molar-refractivity contribution is 7.21. The number of fused-ring (bicyclic) bond motifs is 1. The molecule has 1 aromatic carbocycles. The molecule has 4 heterocycles. The Labute approximate surface area is 180 Å². The van der Waals surface area contributed by atoms with Crippen LogP contribution in [0, 0.1) is 6.92 Å². The number of thiophene rings is 1. The zero-order valence-corrected chi connectivity index (χ0v) is 17.7. The monoisotopic (exact) mass is 435 g/mol. The second-order valence-electron chi connectivity index (χ2n) is 6.71. The molecule has 0 aliphatic heterocycles. The molecule has 4 aromatic heterocycles. The van der Waals surface area contributed by atoms with Crippen LogP contribution in [0.3, 0.4) is 0 Å². The molecular formula is C22H17N3O3S2. The highest BCUT2D eigenvalue weighted by Gasteiger charge is 2.16. The van der Waals surface area contributed by atoms with Gasteiger partial charge in [0.1, 0.15) is 11.5 Å². The highest BCUT2D eigenvalue weighted by Crippen LogP contribution is 2.31. The number of aromatic nitrogens is 2. The summed E-state index contributed by atoms with van der Waals surface area (Å²) in [5.74, 6) is 2.45. The number of nitrogens with zero attached hydrogens (tertiary/aromatic N) is 2. The van der Waals surface area contributed by atoms with Crippen LogP contribution in [0.5, 0.6) is 0 Å². The van der Waals surface area contributed by atoms with Gasteiger partial charge >= 0.3 is 0 Å². The van der Waals surface area contributed by atoms with Crippen molar-refractivity contribution in [3.8, 4) is 21.5 Å². The maximum Gasteiger partial charge on any atom is 0.236 e. The van der Waals surface area contributed by atoms with Gasteiger partial charge in [-0.15, -0.1) is 22.7 Å². The third-order valence-electron chi connectivity index (χ3n) is 4.58. The third-order valence-corrected chi connectivity index (χ3v) is 6.49. The van der Waals surface area contributed by atoms with Gasteiger partial charge in [0.2, 0.25) is 11.8 Å². The number of para-hydroxylation sites is 1. The Morgan fingerprint density at radius 2 is 1.97 bits per heavy atom. The lowest BCUT2D eigenvalue weighted by molar-refractivity contribution is -0.120. The van der Waals surface area contributed by atoms with Crippen molar-refractivity contribution >= 4 is 38.8 Å². The molecule has 0 saturated carbocycles. The second kappa shape index (κ2) is 7.89. The first-order valence-electron chi connectivity index (χ1n) is 9.37. The molecule has 0 aliphatic carbocycles. The summed E-state index contributed by atoms with van der Waals surface area (Å²) in [6.45, 7) is 2.13. The number of nitrogens with one attached hydrogen (secondary N) is 1. The Morgan fingerprint density at radius 1 is 1.07 bits per heavy atom. The van der Waals surface area contributed by atoms with E-state index in [2.05, 4.69) is 15.3 Å². The fourth-order valence-electron chi connectivity index (χ4n) is 3.06. The fourth-order valence-corrected chi connectivity index (χ4v) is 4.64. The van der Waals surface area contributed by atoms with Crippen LogP contribution in [0.15, 0.2) is 62.7 Å². The zero-order chi connectivity index (χ0) is 20.5. The Balaban J connectivity index is 1.22. The van der Waals surface area contributed by atoms with Crippen molar-refractivity contribution in [1.82, 2.24) is 15.3 Å². The number of amides is 1. The molecular weight excluding hydrogens is 418 g/mol. The van der Waals surface area contributed by atoms with E-state index in [0.29, 0.717) is 35.4 Å². The van der Waals surface area contributed by atoms with Gasteiger partial charge < -0.3 is 14.2 Å². The predicted molar refractivity (Wildman–Crippen MR) is 117 cm³/mol. The molecule has 0 saturated heterocycles. The number of hydrogen-bond donors (Lipinski definition) is 1. The van der Waals surface area contributed by atoms with E-state index in [1.807, 2.05) is 60.8 Å². The van der Waals surface area contributed by atoms with Crippen molar-refractivity contribution in [2.75, 3.05) is 0 Å². The molecule has 8 heteroatoms. The van der Waals surface area contributed by atoms with Gasteiger partial charge in [0.05, 0.1) is 33.8 Å². The van der Waals surface area contributed by atoms with Crippen LogP contribution in [-0.2, 0) is 17.8 Å². The lowest BCUT2D eigenvalue weighted by atomic mass is 10.2. The average molecular weight is 436 g/mol. The number of thiazole rings is 1. The number of carbonyl (C=O) groups excluding carboxylic acids is 1. The molecule has 5 rings (SSSR count). The van der Waals surface area contributed by atoms with Gasteiger partial charge in [-0.3, -0.25) is 4.79 Å². The molecule has 1 amide bonds. The Kier molecular flexibility index (Phi) is 4.94. The first-order valence-corrected chi connectivity index (χ1v) is 11.1. The van der Waals surface area contributed by atoms with Gasteiger partial charge in [0.15, 0.2) is 10.8 Å². The topological polar surface area (TPSA) is 81.2 Å². The quantitative estimate of drug-likeness (QED) is 0.384. The average Bonchev–Trinajstić information content (AvgIpc) is 3.52. The van der Waals surface area contributed by atoms with E-state index < -0.39 is 0 Å². The predicted octanol–water partition coefficient (Wildman–Crippen LogP) is 5.44. The lowest BCUT2D eigenvalue weighted by Gasteiger charge is -2.01. The van der Waals surface area contributed by atoms with E-state index in [-0.39, 0.29) is 12.3 Å². The van der Waals surface area contributed by atoms with Crippen molar-refractivity contribution in [2.45, 2.75) is 19.9 Å². The van der Waals surface area contributed by atoms with Crippen LogP contribution in [0.25, 0.3) is 31.8 Å². The van der Waals surface area contributed by atoms with Gasteiger partial charge in [0.25, 0.3) is 0 Å². The summed E-state index contributed by atoms with van der Waals surface area (Å²) in [4.78, 5) is 22.4. The standard InChI is InChI=1S/C22H17N3O3S2/c1-13-16(24-21(27-13)19-7-4-10-29-19)11-20(26)23-12-14-8-9-17(28-14)22-25-15-5-2-3-6-18(15)30-22/h2-10H,11-12H2,1H3,(H,23,26). The van der Waals surface area contributed by atoms with Crippen LogP contribution in [0.2, 0.25) is 0 Å². The van der Waals surface area contributed by atoms with E-state index in [1.165, 1.54) is 0 Å². The molecule has 1 N–H and O–H groups in total. The van der Waals surface area contributed by atoms with Crippen LogP contribution < -0.4 is 5.32 Å². The number of oxazole rings is 1. The SMILES string of the molecule is Cc1oc(-c2cccs2)nc1CC(=O)NCc1ccc(-c2nc3ccccc3s2)o1. The van der Waals surface area contributed by atoms with Crippen molar-refractivity contribution in [3.05, 3.63) is 71.1 Å². The number of aryl methyl sites for hydroxylation is 1. The van der Waals surface area contributed by atoms with Gasteiger partial charge in [-0.2, -0.15) is 0 Å². The summed E-state index contributed by atoms with van der Waals surface area (Å²) < 4.78 is 12.7. The Hall–Kier alpha value is -3.23. The molecule has 0 bridgehead atoms. The first-order chi connectivity index (χ1) is 14.7. The maximum atomic E-state index is 12.4.